The maximum Gasteiger partial charge on any atom is 0.268 e. The Morgan fingerprint density at radius 3 is 2.79 bits per heavy atom. The van der Waals surface area contributed by atoms with Crippen LogP contribution < -0.4 is 10.8 Å². The predicted octanol–water partition coefficient (Wildman–Crippen LogP) is -0.513. The lowest BCUT2D eigenvalue weighted by atomic mass is 10.1. The van der Waals surface area contributed by atoms with E-state index in [1.807, 2.05) is 13.8 Å². The standard InChI is InChI=1S/C8H14N2O3S/c1-4(2)6(14)8(12)9-5-3-13-10-7(5)11/h4-6,14H,3H2,1-2H3,(H,9,12)(H,10,11). The fourth-order valence-electron chi connectivity index (χ4n) is 1.01. The van der Waals surface area contributed by atoms with E-state index in [2.05, 4.69) is 28.3 Å². The average molecular weight is 218 g/mol. The second kappa shape index (κ2) is 4.65. The summed E-state index contributed by atoms with van der Waals surface area (Å²) in [7, 11) is 0. The van der Waals surface area contributed by atoms with Gasteiger partial charge in [-0.15, -0.1) is 0 Å². The van der Waals surface area contributed by atoms with Crippen LogP contribution in [0.2, 0.25) is 0 Å². The van der Waals surface area contributed by atoms with Crippen molar-refractivity contribution < 1.29 is 14.4 Å². The molecule has 80 valence electrons. The first-order chi connectivity index (χ1) is 6.52. The summed E-state index contributed by atoms with van der Waals surface area (Å²) in [6, 6.07) is -0.587. The SMILES string of the molecule is CC(C)C(S)C(=O)NC1CONC1=O. The van der Waals surface area contributed by atoms with Crippen LogP contribution >= 0.6 is 12.6 Å². The summed E-state index contributed by atoms with van der Waals surface area (Å²) in [6.07, 6.45) is 0. The van der Waals surface area contributed by atoms with E-state index in [-0.39, 0.29) is 24.3 Å². The van der Waals surface area contributed by atoms with Crippen molar-refractivity contribution in [3.8, 4) is 0 Å². The van der Waals surface area contributed by atoms with E-state index in [1.165, 1.54) is 0 Å². The Labute approximate surface area is 87.9 Å². The van der Waals surface area contributed by atoms with Gasteiger partial charge in [-0.25, -0.2) is 5.48 Å². The third kappa shape index (κ3) is 2.62. The second-order valence-electron chi connectivity index (χ2n) is 3.53. The van der Waals surface area contributed by atoms with E-state index in [4.69, 9.17) is 0 Å². The third-order valence-electron chi connectivity index (χ3n) is 1.96. The molecule has 2 amide bonds. The number of carbonyl (C=O) groups excluding carboxylic acids is 2. The maximum absolute atomic E-state index is 11.5. The van der Waals surface area contributed by atoms with Gasteiger partial charge in [0.05, 0.1) is 5.25 Å². The molecule has 2 N–H and O–H groups in total. The molecule has 1 heterocycles. The summed E-state index contributed by atoms with van der Waals surface area (Å²) >= 11 is 4.14. The zero-order chi connectivity index (χ0) is 10.7. The first kappa shape index (κ1) is 11.3. The van der Waals surface area contributed by atoms with Crippen LogP contribution in [0, 0.1) is 5.92 Å². The molecular weight excluding hydrogens is 204 g/mol. The van der Waals surface area contributed by atoms with Crippen LogP contribution in [-0.4, -0.2) is 29.7 Å². The van der Waals surface area contributed by atoms with Crippen LogP contribution in [0.15, 0.2) is 0 Å². The number of hydrogen-bond donors (Lipinski definition) is 3. The molecule has 1 fully saturated rings. The molecule has 0 aromatic rings. The minimum absolute atomic E-state index is 0.128. The Morgan fingerprint density at radius 2 is 2.36 bits per heavy atom. The fourth-order valence-corrected chi connectivity index (χ4v) is 1.08. The predicted molar refractivity (Wildman–Crippen MR) is 53.6 cm³/mol. The van der Waals surface area contributed by atoms with Crippen LogP contribution in [0.3, 0.4) is 0 Å². The molecule has 0 spiro atoms. The van der Waals surface area contributed by atoms with E-state index < -0.39 is 11.3 Å². The lowest BCUT2D eigenvalue weighted by Gasteiger charge is -2.16. The molecule has 1 aliphatic heterocycles. The molecule has 1 rings (SSSR count). The summed E-state index contributed by atoms with van der Waals surface area (Å²) in [5.41, 5.74) is 2.16. The highest BCUT2D eigenvalue weighted by Crippen LogP contribution is 2.09. The quantitative estimate of drug-likeness (QED) is 0.559. The van der Waals surface area contributed by atoms with Gasteiger partial charge >= 0.3 is 0 Å². The van der Waals surface area contributed by atoms with Crippen molar-refractivity contribution in [1.82, 2.24) is 10.8 Å². The smallest absolute Gasteiger partial charge is 0.268 e. The number of nitrogens with one attached hydrogen (secondary N) is 2. The summed E-state index contributed by atoms with van der Waals surface area (Å²) in [6.45, 7) is 3.95. The van der Waals surface area contributed by atoms with Crippen molar-refractivity contribution in [2.75, 3.05) is 6.61 Å². The van der Waals surface area contributed by atoms with Gasteiger partial charge in [0.2, 0.25) is 5.91 Å². The van der Waals surface area contributed by atoms with Crippen LogP contribution in [0.5, 0.6) is 0 Å². The van der Waals surface area contributed by atoms with E-state index in [0.717, 1.165) is 0 Å². The molecule has 2 unspecified atom stereocenters. The van der Waals surface area contributed by atoms with Crippen molar-refractivity contribution >= 4 is 24.4 Å². The largest absolute Gasteiger partial charge is 0.341 e. The topological polar surface area (TPSA) is 67.4 Å². The Bertz CT molecular complexity index is 245. The molecule has 0 radical (unpaired) electrons. The van der Waals surface area contributed by atoms with E-state index >= 15 is 0 Å². The first-order valence-corrected chi connectivity index (χ1v) is 4.94. The number of rotatable bonds is 3. The van der Waals surface area contributed by atoms with Crippen molar-refractivity contribution in [2.45, 2.75) is 25.1 Å². The lowest BCUT2D eigenvalue weighted by molar-refractivity contribution is -0.128. The van der Waals surface area contributed by atoms with Gasteiger partial charge in [-0.05, 0) is 5.92 Å². The summed E-state index contributed by atoms with van der Waals surface area (Å²) < 4.78 is 0. The van der Waals surface area contributed by atoms with Gasteiger partial charge in [-0.3, -0.25) is 14.4 Å². The molecule has 0 aromatic heterocycles. The Morgan fingerprint density at radius 1 is 1.71 bits per heavy atom. The summed E-state index contributed by atoms with van der Waals surface area (Å²) in [4.78, 5) is 27.2. The number of thiol groups is 1. The third-order valence-corrected chi connectivity index (χ3v) is 2.79. The number of hydrogen-bond acceptors (Lipinski definition) is 4. The van der Waals surface area contributed by atoms with Crippen LogP contribution in [0.25, 0.3) is 0 Å². The highest BCUT2D eigenvalue weighted by atomic mass is 32.1. The summed E-state index contributed by atoms with van der Waals surface area (Å²) in [5.74, 6) is -0.430. The number of amides is 2. The van der Waals surface area contributed by atoms with Crippen LogP contribution in [0.4, 0.5) is 0 Å². The normalized spacial score (nSPS) is 23.4. The van der Waals surface area contributed by atoms with Gasteiger partial charge in [0.1, 0.15) is 12.6 Å². The lowest BCUT2D eigenvalue weighted by Crippen LogP contribution is -2.45. The van der Waals surface area contributed by atoms with E-state index in [9.17, 15) is 9.59 Å². The van der Waals surface area contributed by atoms with Crippen molar-refractivity contribution in [3.63, 3.8) is 0 Å². The van der Waals surface area contributed by atoms with E-state index in [0.29, 0.717) is 0 Å². The minimum Gasteiger partial charge on any atom is -0.341 e. The molecule has 0 aromatic carbocycles. The Balaban J connectivity index is 2.44. The average Bonchev–Trinajstić information content (AvgIpc) is 2.50. The van der Waals surface area contributed by atoms with Gasteiger partial charge < -0.3 is 5.32 Å². The highest BCUT2D eigenvalue weighted by Gasteiger charge is 2.29. The van der Waals surface area contributed by atoms with Gasteiger partial charge in [-0.2, -0.15) is 12.6 Å². The molecule has 1 aliphatic rings. The van der Waals surface area contributed by atoms with Gasteiger partial charge in [0.25, 0.3) is 5.91 Å². The van der Waals surface area contributed by atoms with Gasteiger partial charge in [-0.1, -0.05) is 13.8 Å². The monoisotopic (exact) mass is 218 g/mol. The zero-order valence-electron chi connectivity index (χ0n) is 8.11. The van der Waals surface area contributed by atoms with Crippen molar-refractivity contribution in [3.05, 3.63) is 0 Å². The molecule has 5 nitrogen and oxygen atoms in total. The molecule has 0 aliphatic carbocycles. The zero-order valence-corrected chi connectivity index (χ0v) is 9.01. The molecular formula is C8H14N2O3S. The fraction of sp³-hybridized carbons (Fsp3) is 0.750. The Hall–Kier alpha value is -0.750. The maximum atomic E-state index is 11.5. The second-order valence-corrected chi connectivity index (χ2v) is 4.08. The number of carbonyl (C=O) groups is 2. The van der Waals surface area contributed by atoms with Crippen molar-refractivity contribution in [1.29, 1.82) is 0 Å². The number of hydroxylamine groups is 1. The molecule has 14 heavy (non-hydrogen) atoms. The molecule has 0 bridgehead atoms. The van der Waals surface area contributed by atoms with Crippen LogP contribution in [0.1, 0.15) is 13.8 Å². The van der Waals surface area contributed by atoms with Crippen molar-refractivity contribution in [2.24, 2.45) is 5.92 Å². The van der Waals surface area contributed by atoms with Gasteiger partial charge in [0.15, 0.2) is 0 Å². The molecule has 6 heteroatoms. The first-order valence-electron chi connectivity index (χ1n) is 4.42. The minimum atomic E-state index is -0.587. The molecule has 0 saturated carbocycles. The van der Waals surface area contributed by atoms with Crippen LogP contribution in [-0.2, 0) is 14.4 Å². The Kier molecular flexibility index (Phi) is 3.77. The highest BCUT2D eigenvalue weighted by molar-refractivity contribution is 7.81. The molecule has 1 saturated heterocycles. The molecule has 2 atom stereocenters. The van der Waals surface area contributed by atoms with Gasteiger partial charge in [0, 0.05) is 0 Å². The summed E-state index contributed by atoms with van der Waals surface area (Å²) in [5, 5.41) is 2.16. The van der Waals surface area contributed by atoms with E-state index in [1.54, 1.807) is 0 Å².